The summed E-state index contributed by atoms with van der Waals surface area (Å²) in [5.74, 6) is 2.50. The van der Waals surface area contributed by atoms with E-state index in [1.54, 1.807) is 7.11 Å². The summed E-state index contributed by atoms with van der Waals surface area (Å²) in [6.07, 6.45) is 0.915. The van der Waals surface area contributed by atoms with Gasteiger partial charge >= 0.3 is 0 Å². The molecule has 1 aromatic carbocycles. The maximum atomic E-state index is 5.16. The van der Waals surface area contributed by atoms with Crippen LogP contribution < -0.4 is 10.6 Å². The molecule has 9 heteroatoms. The molecule has 0 radical (unpaired) electrons. The molecule has 2 aromatic rings. The van der Waals surface area contributed by atoms with Gasteiger partial charge in [-0.3, -0.25) is 4.90 Å². The molecule has 0 amide bonds. The highest BCUT2D eigenvalue weighted by molar-refractivity contribution is 14.0. The molecule has 1 aromatic heterocycles. The predicted molar refractivity (Wildman–Crippen MR) is 137 cm³/mol. The Morgan fingerprint density at radius 3 is 2.45 bits per heavy atom. The van der Waals surface area contributed by atoms with E-state index in [-0.39, 0.29) is 30.0 Å². The van der Waals surface area contributed by atoms with Gasteiger partial charge in [0.05, 0.1) is 6.04 Å². The molecule has 1 unspecified atom stereocenters. The average molecular weight is 543 g/mol. The van der Waals surface area contributed by atoms with Gasteiger partial charge in [0.25, 0.3) is 0 Å². The lowest BCUT2D eigenvalue weighted by Gasteiger charge is -2.31. The molecule has 174 valence electrons. The summed E-state index contributed by atoms with van der Waals surface area (Å²) < 4.78 is 7.13. The molecule has 0 saturated carbocycles. The van der Waals surface area contributed by atoms with E-state index in [9.17, 15) is 0 Å². The van der Waals surface area contributed by atoms with Gasteiger partial charge in [-0.05, 0) is 32.0 Å². The maximum absolute atomic E-state index is 5.16. The number of methoxy groups -OCH3 is 1. The second-order valence-corrected chi connectivity index (χ2v) is 7.19. The van der Waals surface area contributed by atoms with Gasteiger partial charge < -0.3 is 19.9 Å². The summed E-state index contributed by atoms with van der Waals surface area (Å²) in [4.78, 5) is 7.21. The van der Waals surface area contributed by atoms with Crippen molar-refractivity contribution < 1.29 is 4.74 Å². The first-order valence-electron chi connectivity index (χ1n) is 10.8. The zero-order chi connectivity index (χ0) is 21.8. The van der Waals surface area contributed by atoms with Crippen LogP contribution >= 0.6 is 24.0 Å². The van der Waals surface area contributed by atoms with Crippen molar-refractivity contribution in [2.24, 2.45) is 12.0 Å². The van der Waals surface area contributed by atoms with Crippen molar-refractivity contribution >= 4 is 29.9 Å². The van der Waals surface area contributed by atoms with Crippen LogP contribution in [0.2, 0.25) is 0 Å². The molecule has 2 N–H and O–H groups in total. The van der Waals surface area contributed by atoms with Crippen LogP contribution in [-0.2, 0) is 18.3 Å². The summed E-state index contributed by atoms with van der Waals surface area (Å²) in [6.45, 7) is 11.1. The lowest BCUT2D eigenvalue weighted by Crippen LogP contribution is -2.43. The van der Waals surface area contributed by atoms with Gasteiger partial charge in [0, 0.05) is 33.9 Å². The van der Waals surface area contributed by atoms with Crippen LogP contribution in [0.3, 0.4) is 0 Å². The van der Waals surface area contributed by atoms with E-state index in [0.717, 1.165) is 56.8 Å². The summed E-state index contributed by atoms with van der Waals surface area (Å²) in [6, 6.07) is 10.9. The number of guanidine groups is 1. The van der Waals surface area contributed by atoms with Crippen molar-refractivity contribution in [3.63, 3.8) is 0 Å². The Morgan fingerprint density at radius 1 is 1.16 bits per heavy atom. The van der Waals surface area contributed by atoms with E-state index >= 15 is 0 Å². The summed E-state index contributed by atoms with van der Waals surface area (Å²) >= 11 is 0. The van der Waals surface area contributed by atoms with Gasteiger partial charge in [-0.1, -0.05) is 44.2 Å². The lowest BCUT2D eigenvalue weighted by molar-refractivity contribution is 0.195. The normalized spacial score (nSPS) is 12.5. The number of aromatic nitrogens is 3. The fourth-order valence-corrected chi connectivity index (χ4v) is 3.33. The maximum Gasteiger partial charge on any atom is 0.191 e. The Balaban J connectivity index is 0.00000480. The fourth-order valence-electron chi connectivity index (χ4n) is 3.33. The topological polar surface area (TPSA) is 79.6 Å². The molecule has 1 atom stereocenters. The van der Waals surface area contributed by atoms with Gasteiger partial charge in [-0.25, -0.2) is 4.99 Å². The number of benzene rings is 1. The largest absolute Gasteiger partial charge is 0.385 e. The van der Waals surface area contributed by atoms with Crippen LogP contribution in [-0.4, -0.2) is 65.5 Å². The Labute approximate surface area is 203 Å². The van der Waals surface area contributed by atoms with Gasteiger partial charge in [-0.2, -0.15) is 0 Å². The third-order valence-electron chi connectivity index (χ3n) is 5.28. The van der Waals surface area contributed by atoms with E-state index < -0.39 is 0 Å². The zero-order valence-electron chi connectivity index (χ0n) is 19.5. The quantitative estimate of drug-likeness (QED) is 0.186. The molecule has 0 aliphatic carbocycles. The molecule has 0 saturated heterocycles. The molecular weight excluding hydrogens is 505 g/mol. The van der Waals surface area contributed by atoms with Crippen molar-refractivity contribution in [1.29, 1.82) is 0 Å². The number of likely N-dealkylation sites (N-methyl/N-ethyl adjacent to an activating group) is 1. The van der Waals surface area contributed by atoms with Gasteiger partial charge in [-0.15, -0.1) is 34.2 Å². The second-order valence-electron chi connectivity index (χ2n) is 7.19. The van der Waals surface area contributed by atoms with Crippen molar-refractivity contribution in [3.8, 4) is 0 Å². The summed E-state index contributed by atoms with van der Waals surface area (Å²) in [5.41, 5.74) is 1.30. The number of hydrogen-bond acceptors (Lipinski definition) is 5. The lowest BCUT2D eigenvalue weighted by atomic mass is 10.1. The number of hydrogen-bond donors (Lipinski definition) is 2. The Morgan fingerprint density at radius 2 is 1.87 bits per heavy atom. The number of aryl methyl sites for hydroxylation is 1. The van der Waals surface area contributed by atoms with E-state index in [1.807, 2.05) is 18.5 Å². The first-order chi connectivity index (χ1) is 14.6. The first kappa shape index (κ1) is 27.3. The summed E-state index contributed by atoms with van der Waals surface area (Å²) in [7, 11) is 3.68. The van der Waals surface area contributed by atoms with Gasteiger partial charge in [0.2, 0.25) is 0 Å². The van der Waals surface area contributed by atoms with E-state index in [2.05, 4.69) is 69.9 Å². The molecular formula is C22H38IN7O. The smallest absolute Gasteiger partial charge is 0.191 e. The third-order valence-corrected chi connectivity index (χ3v) is 5.28. The minimum Gasteiger partial charge on any atom is -0.385 e. The highest BCUT2D eigenvalue weighted by atomic mass is 127. The van der Waals surface area contributed by atoms with Crippen LogP contribution in [0.1, 0.15) is 43.5 Å². The predicted octanol–water partition coefficient (Wildman–Crippen LogP) is 2.90. The molecule has 0 aliphatic heterocycles. The van der Waals surface area contributed by atoms with Crippen LogP contribution in [0, 0.1) is 6.92 Å². The molecule has 0 fully saturated rings. The van der Waals surface area contributed by atoms with Crippen LogP contribution in [0.15, 0.2) is 35.3 Å². The molecule has 2 rings (SSSR count). The monoisotopic (exact) mass is 543 g/mol. The molecule has 1 heterocycles. The number of nitrogens with zero attached hydrogens (tertiary/aromatic N) is 5. The number of halogens is 1. The van der Waals surface area contributed by atoms with Crippen molar-refractivity contribution in [1.82, 2.24) is 30.3 Å². The van der Waals surface area contributed by atoms with E-state index in [0.29, 0.717) is 6.54 Å². The number of ether oxygens (including phenoxy) is 1. The van der Waals surface area contributed by atoms with Crippen molar-refractivity contribution in [2.45, 2.75) is 39.8 Å². The number of rotatable bonds is 12. The van der Waals surface area contributed by atoms with Crippen LogP contribution in [0.4, 0.5) is 0 Å². The molecule has 31 heavy (non-hydrogen) atoms. The minimum atomic E-state index is 0. The van der Waals surface area contributed by atoms with Crippen molar-refractivity contribution in [3.05, 3.63) is 47.5 Å². The fraction of sp³-hybridized carbons (Fsp3) is 0.591. The highest BCUT2D eigenvalue weighted by Gasteiger charge is 2.18. The highest BCUT2D eigenvalue weighted by Crippen LogP contribution is 2.19. The summed E-state index contributed by atoms with van der Waals surface area (Å²) in [5, 5.41) is 15.3. The molecule has 0 aliphatic rings. The van der Waals surface area contributed by atoms with Gasteiger partial charge in [0.1, 0.15) is 12.4 Å². The van der Waals surface area contributed by atoms with Crippen LogP contribution in [0.5, 0.6) is 0 Å². The molecule has 8 nitrogen and oxygen atoms in total. The number of nitrogens with one attached hydrogen (secondary N) is 2. The van der Waals surface area contributed by atoms with E-state index in [4.69, 9.17) is 9.73 Å². The number of aliphatic imine (C=N–C) groups is 1. The molecule has 0 bridgehead atoms. The SMILES string of the molecule is CCN(CC)C(CNC(=NCc1nnc(C)n1C)NCCCOC)c1ccccc1.I. The Bertz CT molecular complexity index is 762. The molecule has 0 spiro atoms. The second kappa shape index (κ2) is 15.1. The zero-order valence-corrected chi connectivity index (χ0v) is 21.8. The van der Waals surface area contributed by atoms with Gasteiger partial charge in [0.15, 0.2) is 11.8 Å². The van der Waals surface area contributed by atoms with E-state index in [1.165, 1.54) is 5.56 Å². The average Bonchev–Trinajstić information content (AvgIpc) is 3.09. The van der Waals surface area contributed by atoms with Crippen LogP contribution in [0.25, 0.3) is 0 Å². The van der Waals surface area contributed by atoms with Crippen molar-refractivity contribution in [2.75, 3.05) is 39.9 Å². The first-order valence-corrected chi connectivity index (χ1v) is 10.8. The standard InChI is InChI=1S/C22H37N7O.HI/c1-6-29(7-2)20(19-12-9-8-10-13-19)16-24-22(23-14-11-15-30-5)25-17-21-27-26-18(3)28(21)4;/h8-10,12-13,20H,6-7,11,14-17H2,1-5H3,(H2,23,24,25);1H. The Hall–Kier alpha value is -1.72. The minimum absolute atomic E-state index is 0. The third kappa shape index (κ3) is 8.74. The Kier molecular flexibility index (Phi) is 13.3.